The summed E-state index contributed by atoms with van der Waals surface area (Å²) < 4.78 is 1.81. The van der Waals surface area contributed by atoms with Crippen LogP contribution in [0.5, 0.6) is 0 Å². The number of aromatic nitrogens is 5. The summed E-state index contributed by atoms with van der Waals surface area (Å²) in [6, 6.07) is 19.8. The number of nitrogens with zero attached hydrogens (tertiary/aromatic N) is 5. The van der Waals surface area contributed by atoms with E-state index in [0.29, 0.717) is 5.69 Å². The molecular weight excluding hydrogens is 370 g/mol. The first-order valence-corrected chi connectivity index (χ1v) is 9.54. The number of pyridine rings is 3. The highest BCUT2D eigenvalue weighted by Crippen LogP contribution is 2.30. The molecule has 0 aliphatic carbocycles. The zero-order valence-electron chi connectivity index (χ0n) is 16.3. The van der Waals surface area contributed by atoms with Gasteiger partial charge in [0.15, 0.2) is 0 Å². The predicted molar refractivity (Wildman–Crippen MR) is 117 cm³/mol. The minimum absolute atomic E-state index is 0.690. The lowest BCUT2D eigenvalue weighted by molar-refractivity contribution is 0.771. The normalized spacial score (nSPS) is 10.6. The standard InChI is InChI=1S/C25H17N5/c1-30-17-23(18-12-14-26-15-13-18)25(29-30)20-7-8-21(27-16-20)10-11-22-9-6-19-4-2-3-5-24(19)28-22/h2-9,12-17H,1H3. The van der Waals surface area contributed by atoms with E-state index < -0.39 is 0 Å². The first-order chi connectivity index (χ1) is 14.8. The van der Waals surface area contributed by atoms with E-state index >= 15 is 0 Å². The molecule has 0 spiro atoms. The highest BCUT2D eigenvalue weighted by Gasteiger charge is 2.12. The first kappa shape index (κ1) is 17.8. The molecule has 0 saturated carbocycles. The van der Waals surface area contributed by atoms with Crippen LogP contribution in [0.3, 0.4) is 0 Å². The van der Waals surface area contributed by atoms with Crippen LogP contribution in [0.1, 0.15) is 11.4 Å². The summed E-state index contributed by atoms with van der Waals surface area (Å²) in [4.78, 5) is 13.2. The molecular formula is C25H17N5. The van der Waals surface area contributed by atoms with Gasteiger partial charge in [-0.15, -0.1) is 0 Å². The monoisotopic (exact) mass is 387 g/mol. The number of benzene rings is 1. The lowest BCUT2D eigenvalue weighted by atomic mass is 10.0. The zero-order chi connectivity index (χ0) is 20.3. The van der Waals surface area contributed by atoms with E-state index in [1.54, 1.807) is 12.4 Å². The highest BCUT2D eigenvalue weighted by atomic mass is 15.3. The number of para-hydroxylation sites is 1. The van der Waals surface area contributed by atoms with Crippen molar-refractivity contribution < 1.29 is 0 Å². The summed E-state index contributed by atoms with van der Waals surface area (Å²) >= 11 is 0. The summed E-state index contributed by atoms with van der Waals surface area (Å²) in [7, 11) is 1.91. The van der Waals surface area contributed by atoms with Crippen molar-refractivity contribution in [2.45, 2.75) is 0 Å². The topological polar surface area (TPSA) is 56.5 Å². The molecule has 5 aromatic rings. The fourth-order valence-corrected chi connectivity index (χ4v) is 3.32. The Morgan fingerprint density at radius 2 is 1.60 bits per heavy atom. The van der Waals surface area contributed by atoms with Crippen molar-refractivity contribution in [1.82, 2.24) is 24.7 Å². The van der Waals surface area contributed by atoms with Gasteiger partial charge in [0, 0.05) is 48.3 Å². The van der Waals surface area contributed by atoms with Gasteiger partial charge >= 0.3 is 0 Å². The van der Waals surface area contributed by atoms with Crippen molar-refractivity contribution >= 4 is 10.9 Å². The maximum atomic E-state index is 4.62. The molecule has 142 valence electrons. The molecule has 1 aromatic carbocycles. The molecule has 5 nitrogen and oxygen atoms in total. The second-order valence-corrected chi connectivity index (χ2v) is 6.87. The molecule has 0 atom stereocenters. The molecule has 0 amide bonds. The molecule has 5 rings (SSSR count). The largest absolute Gasteiger partial charge is 0.275 e. The van der Waals surface area contributed by atoms with Crippen LogP contribution >= 0.6 is 0 Å². The molecule has 0 aliphatic heterocycles. The van der Waals surface area contributed by atoms with Crippen molar-refractivity contribution in [3.8, 4) is 34.2 Å². The minimum atomic E-state index is 0.690. The van der Waals surface area contributed by atoms with Crippen LogP contribution in [-0.4, -0.2) is 24.7 Å². The molecule has 4 heterocycles. The van der Waals surface area contributed by atoms with E-state index in [-0.39, 0.29) is 0 Å². The Labute approximate surface area is 174 Å². The zero-order valence-corrected chi connectivity index (χ0v) is 16.3. The molecule has 0 saturated heterocycles. The quantitative estimate of drug-likeness (QED) is 0.419. The van der Waals surface area contributed by atoms with E-state index in [0.717, 1.165) is 39.0 Å². The van der Waals surface area contributed by atoms with Crippen LogP contribution in [0.15, 0.2) is 85.5 Å². The van der Waals surface area contributed by atoms with Crippen LogP contribution in [-0.2, 0) is 7.05 Å². The minimum Gasteiger partial charge on any atom is -0.275 e. The first-order valence-electron chi connectivity index (χ1n) is 9.54. The summed E-state index contributed by atoms with van der Waals surface area (Å²) in [6.07, 6.45) is 7.38. The fraction of sp³-hybridized carbons (Fsp3) is 0.0400. The number of fused-ring (bicyclic) bond motifs is 1. The molecule has 30 heavy (non-hydrogen) atoms. The van der Waals surface area contributed by atoms with Crippen molar-refractivity contribution in [3.05, 3.63) is 96.8 Å². The summed E-state index contributed by atoms with van der Waals surface area (Å²) in [5.74, 6) is 6.20. The van der Waals surface area contributed by atoms with Crippen LogP contribution in [0.25, 0.3) is 33.3 Å². The fourth-order valence-electron chi connectivity index (χ4n) is 3.32. The lowest BCUT2D eigenvalue weighted by Gasteiger charge is -2.02. The average Bonchev–Trinajstić information content (AvgIpc) is 3.20. The number of rotatable bonds is 2. The summed E-state index contributed by atoms with van der Waals surface area (Å²) in [5.41, 5.74) is 6.29. The number of hydrogen-bond acceptors (Lipinski definition) is 4. The van der Waals surface area contributed by atoms with Crippen molar-refractivity contribution in [2.75, 3.05) is 0 Å². The van der Waals surface area contributed by atoms with Crippen molar-refractivity contribution in [1.29, 1.82) is 0 Å². The van der Waals surface area contributed by atoms with E-state index in [9.17, 15) is 0 Å². The molecule has 0 unspecified atom stereocenters. The SMILES string of the molecule is Cn1cc(-c2ccncc2)c(-c2ccc(C#Cc3ccc4ccccc4n3)nc2)n1. The van der Waals surface area contributed by atoms with Gasteiger partial charge in [-0.3, -0.25) is 9.67 Å². The van der Waals surface area contributed by atoms with E-state index in [1.807, 2.05) is 84.8 Å². The Balaban J connectivity index is 1.44. The van der Waals surface area contributed by atoms with Gasteiger partial charge in [-0.1, -0.05) is 24.3 Å². The van der Waals surface area contributed by atoms with E-state index in [2.05, 4.69) is 31.9 Å². The van der Waals surface area contributed by atoms with Gasteiger partial charge in [0.05, 0.1) is 5.52 Å². The maximum Gasteiger partial charge on any atom is 0.114 e. The third-order valence-electron chi connectivity index (χ3n) is 4.77. The highest BCUT2D eigenvalue weighted by molar-refractivity contribution is 5.80. The van der Waals surface area contributed by atoms with Gasteiger partial charge in [0.25, 0.3) is 0 Å². The summed E-state index contributed by atoms with van der Waals surface area (Å²) in [6.45, 7) is 0. The average molecular weight is 387 g/mol. The van der Waals surface area contributed by atoms with Gasteiger partial charge in [-0.2, -0.15) is 5.10 Å². The maximum absolute atomic E-state index is 4.62. The lowest BCUT2D eigenvalue weighted by Crippen LogP contribution is -1.90. The Hall–Kier alpha value is -4.30. The van der Waals surface area contributed by atoms with Crippen molar-refractivity contribution in [2.24, 2.45) is 7.05 Å². The van der Waals surface area contributed by atoms with Gasteiger partial charge in [0.1, 0.15) is 17.1 Å². The number of aryl methyl sites for hydroxylation is 1. The van der Waals surface area contributed by atoms with Crippen LogP contribution < -0.4 is 0 Å². The molecule has 4 aromatic heterocycles. The molecule has 0 fully saturated rings. The van der Waals surface area contributed by atoms with Gasteiger partial charge in [0.2, 0.25) is 0 Å². The van der Waals surface area contributed by atoms with Crippen LogP contribution in [0, 0.1) is 11.8 Å². The van der Waals surface area contributed by atoms with Gasteiger partial charge in [-0.25, -0.2) is 9.97 Å². The number of hydrogen-bond donors (Lipinski definition) is 0. The second-order valence-electron chi connectivity index (χ2n) is 6.87. The smallest absolute Gasteiger partial charge is 0.114 e. The van der Waals surface area contributed by atoms with Crippen LogP contribution in [0.2, 0.25) is 0 Å². The molecule has 0 bridgehead atoms. The third kappa shape index (κ3) is 3.54. The molecule has 0 aliphatic rings. The Morgan fingerprint density at radius 1 is 0.800 bits per heavy atom. The predicted octanol–water partition coefficient (Wildman–Crippen LogP) is 4.49. The van der Waals surface area contributed by atoms with Gasteiger partial charge < -0.3 is 0 Å². The van der Waals surface area contributed by atoms with Crippen molar-refractivity contribution in [3.63, 3.8) is 0 Å². The van der Waals surface area contributed by atoms with Crippen LogP contribution in [0.4, 0.5) is 0 Å². The molecule has 0 N–H and O–H groups in total. The van der Waals surface area contributed by atoms with E-state index in [1.165, 1.54) is 0 Å². The second kappa shape index (κ2) is 7.61. The van der Waals surface area contributed by atoms with Gasteiger partial charge in [-0.05, 0) is 53.8 Å². The molecule has 0 radical (unpaired) electrons. The third-order valence-corrected chi connectivity index (χ3v) is 4.77. The Kier molecular flexibility index (Phi) is 4.51. The van der Waals surface area contributed by atoms with E-state index in [4.69, 9.17) is 0 Å². The Morgan fingerprint density at radius 3 is 2.43 bits per heavy atom. The molecule has 5 heteroatoms. The Bertz CT molecular complexity index is 1390. The summed E-state index contributed by atoms with van der Waals surface area (Å²) in [5, 5.41) is 5.72.